The average Bonchev–Trinajstić information content (AvgIpc) is 2.87. The Kier molecular flexibility index (Phi) is 7.86. The molecule has 176 valence electrons. The molecule has 1 aliphatic rings. The molecule has 34 heavy (non-hydrogen) atoms. The van der Waals surface area contributed by atoms with E-state index in [9.17, 15) is 14.7 Å². The summed E-state index contributed by atoms with van der Waals surface area (Å²) in [6.07, 6.45) is 9.63. The van der Waals surface area contributed by atoms with E-state index < -0.39 is 17.9 Å². The highest BCUT2D eigenvalue weighted by molar-refractivity contribution is 5.96. The van der Waals surface area contributed by atoms with Crippen LogP contribution in [0, 0.1) is 0 Å². The summed E-state index contributed by atoms with van der Waals surface area (Å²) in [5, 5.41) is 12.1. The number of aryl methyl sites for hydroxylation is 3. The van der Waals surface area contributed by atoms with Crippen molar-refractivity contribution >= 4 is 11.9 Å². The van der Waals surface area contributed by atoms with E-state index in [1.165, 1.54) is 36.5 Å². The second-order valence-corrected chi connectivity index (χ2v) is 8.52. The molecule has 0 radical (unpaired) electrons. The zero-order valence-electron chi connectivity index (χ0n) is 19.1. The van der Waals surface area contributed by atoms with Gasteiger partial charge in [0.1, 0.15) is 11.8 Å². The fraction of sp³-hybridized carbons (Fsp3) is 0.333. The van der Waals surface area contributed by atoms with Crippen molar-refractivity contribution in [2.75, 3.05) is 6.61 Å². The molecule has 1 aliphatic carbocycles. The Morgan fingerprint density at radius 3 is 2.53 bits per heavy atom. The van der Waals surface area contributed by atoms with Gasteiger partial charge in [0.25, 0.3) is 5.91 Å². The summed E-state index contributed by atoms with van der Waals surface area (Å²) < 4.78 is 5.85. The van der Waals surface area contributed by atoms with Crippen LogP contribution in [0.2, 0.25) is 0 Å². The van der Waals surface area contributed by atoms with E-state index in [4.69, 9.17) is 9.72 Å². The van der Waals surface area contributed by atoms with Gasteiger partial charge in [-0.05, 0) is 80.0 Å². The smallest absolute Gasteiger partial charge is 0.326 e. The maximum absolute atomic E-state index is 12.3. The number of aromatic nitrogens is 2. The maximum Gasteiger partial charge on any atom is 0.326 e. The number of rotatable bonds is 10. The lowest BCUT2D eigenvalue weighted by Gasteiger charge is -2.15. The van der Waals surface area contributed by atoms with E-state index in [-0.39, 0.29) is 6.42 Å². The minimum absolute atomic E-state index is 0.177. The van der Waals surface area contributed by atoms with Gasteiger partial charge >= 0.3 is 5.97 Å². The Morgan fingerprint density at radius 1 is 1.00 bits per heavy atom. The molecule has 0 spiro atoms. The zero-order valence-corrected chi connectivity index (χ0v) is 19.1. The number of pyridine rings is 2. The monoisotopic (exact) mass is 459 g/mol. The topological polar surface area (TPSA) is 101 Å². The van der Waals surface area contributed by atoms with Crippen LogP contribution in [0.15, 0.2) is 60.9 Å². The van der Waals surface area contributed by atoms with Gasteiger partial charge < -0.3 is 15.2 Å². The number of benzene rings is 1. The number of fused-ring (bicyclic) bond motifs is 1. The molecule has 3 aromatic rings. The van der Waals surface area contributed by atoms with E-state index in [0.717, 1.165) is 42.7 Å². The SMILES string of the molecule is O=C(NC(Cc1ccc(OCCCc2ccc3c(n2)CCCC3)cc1)C(=O)O)c1ccncc1. The van der Waals surface area contributed by atoms with Crippen molar-refractivity contribution in [2.24, 2.45) is 0 Å². The Hall–Kier alpha value is -3.74. The van der Waals surface area contributed by atoms with Crippen LogP contribution in [0.5, 0.6) is 5.75 Å². The van der Waals surface area contributed by atoms with Crippen molar-refractivity contribution in [3.05, 3.63) is 89.0 Å². The van der Waals surface area contributed by atoms with Gasteiger partial charge in [0.15, 0.2) is 0 Å². The molecule has 7 heteroatoms. The molecular formula is C27H29N3O4. The first-order valence-corrected chi connectivity index (χ1v) is 11.7. The minimum atomic E-state index is -1.08. The lowest BCUT2D eigenvalue weighted by Crippen LogP contribution is -2.42. The molecule has 4 rings (SSSR count). The number of nitrogens with one attached hydrogen (secondary N) is 1. The van der Waals surface area contributed by atoms with Crippen molar-refractivity contribution in [2.45, 2.75) is 51.0 Å². The summed E-state index contributed by atoms with van der Waals surface area (Å²) in [5.41, 5.74) is 4.95. The van der Waals surface area contributed by atoms with Gasteiger partial charge in [-0.3, -0.25) is 14.8 Å². The zero-order chi connectivity index (χ0) is 23.8. The molecule has 0 saturated heterocycles. The number of nitrogens with zero attached hydrogens (tertiary/aromatic N) is 2. The predicted molar refractivity (Wildman–Crippen MR) is 128 cm³/mol. The number of ether oxygens (including phenoxy) is 1. The minimum Gasteiger partial charge on any atom is -0.494 e. The van der Waals surface area contributed by atoms with Crippen molar-refractivity contribution in [1.82, 2.24) is 15.3 Å². The Morgan fingerprint density at radius 2 is 1.76 bits per heavy atom. The third-order valence-electron chi connectivity index (χ3n) is 5.99. The third kappa shape index (κ3) is 6.41. The van der Waals surface area contributed by atoms with E-state index in [1.54, 1.807) is 12.1 Å². The fourth-order valence-corrected chi connectivity index (χ4v) is 4.11. The van der Waals surface area contributed by atoms with Gasteiger partial charge in [0, 0.05) is 35.8 Å². The highest BCUT2D eigenvalue weighted by Crippen LogP contribution is 2.20. The van der Waals surface area contributed by atoms with E-state index >= 15 is 0 Å². The van der Waals surface area contributed by atoms with Gasteiger partial charge in [-0.15, -0.1) is 0 Å². The number of amides is 1. The maximum atomic E-state index is 12.3. The number of carbonyl (C=O) groups excluding carboxylic acids is 1. The number of aliphatic carboxylic acids is 1. The van der Waals surface area contributed by atoms with Gasteiger partial charge in [0.05, 0.1) is 6.61 Å². The normalized spacial score (nSPS) is 13.5. The Bertz CT molecular complexity index is 1120. The molecular weight excluding hydrogens is 430 g/mol. The largest absolute Gasteiger partial charge is 0.494 e. The van der Waals surface area contributed by atoms with Gasteiger partial charge in [-0.25, -0.2) is 4.79 Å². The Labute approximate surface area is 199 Å². The van der Waals surface area contributed by atoms with Crippen LogP contribution in [-0.2, 0) is 30.5 Å². The standard InChI is InChI=1S/C27H29N3O4/c31-26(21-13-15-28-16-14-21)30-25(27(32)33)18-19-7-11-23(12-8-19)34-17-3-5-22-10-9-20-4-1-2-6-24(20)29-22/h7-16,25H,1-6,17-18H2,(H,30,31)(H,32,33). The molecule has 0 aliphatic heterocycles. The lowest BCUT2D eigenvalue weighted by molar-refractivity contribution is -0.139. The fourth-order valence-electron chi connectivity index (χ4n) is 4.11. The first-order valence-electron chi connectivity index (χ1n) is 11.7. The second kappa shape index (κ2) is 11.4. The van der Waals surface area contributed by atoms with Crippen molar-refractivity contribution in [1.29, 1.82) is 0 Å². The number of carboxylic acids is 1. The average molecular weight is 460 g/mol. The van der Waals surface area contributed by atoms with Gasteiger partial charge in [-0.1, -0.05) is 18.2 Å². The molecule has 2 N–H and O–H groups in total. The lowest BCUT2D eigenvalue weighted by atomic mass is 9.95. The van der Waals surface area contributed by atoms with Gasteiger partial charge in [0.2, 0.25) is 0 Å². The Balaban J connectivity index is 1.24. The second-order valence-electron chi connectivity index (χ2n) is 8.52. The summed E-state index contributed by atoms with van der Waals surface area (Å²) in [6.45, 7) is 0.581. The van der Waals surface area contributed by atoms with Crippen LogP contribution < -0.4 is 10.1 Å². The van der Waals surface area contributed by atoms with Crippen molar-refractivity contribution in [3.63, 3.8) is 0 Å². The number of carboxylic acid groups (broad SMARTS) is 1. The van der Waals surface area contributed by atoms with E-state index in [0.29, 0.717) is 12.2 Å². The summed E-state index contributed by atoms with van der Waals surface area (Å²) in [6, 6.07) is 13.7. The van der Waals surface area contributed by atoms with Crippen LogP contribution in [0.25, 0.3) is 0 Å². The van der Waals surface area contributed by atoms with Gasteiger partial charge in [-0.2, -0.15) is 0 Å². The molecule has 0 fully saturated rings. The van der Waals surface area contributed by atoms with Crippen LogP contribution in [0.1, 0.15) is 52.1 Å². The summed E-state index contributed by atoms with van der Waals surface area (Å²) in [5.74, 6) is -0.795. The molecule has 0 saturated carbocycles. The number of hydrogen-bond acceptors (Lipinski definition) is 5. The molecule has 1 amide bonds. The molecule has 1 aromatic carbocycles. The molecule has 2 aromatic heterocycles. The van der Waals surface area contributed by atoms with Crippen molar-refractivity contribution < 1.29 is 19.4 Å². The summed E-state index contributed by atoms with van der Waals surface area (Å²) in [7, 11) is 0. The summed E-state index contributed by atoms with van der Waals surface area (Å²) >= 11 is 0. The van der Waals surface area contributed by atoms with E-state index in [1.807, 2.05) is 24.3 Å². The number of hydrogen-bond donors (Lipinski definition) is 2. The first kappa shape index (κ1) is 23.4. The van der Waals surface area contributed by atoms with Crippen LogP contribution in [0.3, 0.4) is 0 Å². The van der Waals surface area contributed by atoms with Crippen molar-refractivity contribution in [3.8, 4) is 5.75 Å². The molecule has 1 unspecified atom stereocenters. The quantitative estimate of drug-likeness (QED) is 0.447. The predicted octanol–water partition coefficient (Wildman–Crippen LogP) is 3.79. The molecule has 1 atom stereocenters. The van der Waals surface area contributed by atoms with Crippen LogP contribution >= 0.6 is 0 Å². The summed E-state index contributed by atoms with van der Waals surface area (Å²) in [4.78, 5) is 32.6. The number of carbonyl (C=O) groups is 2. The molecule has 7 nitrogen and oxygen atoms in total. The van der Waals surface area contributed by atoms with E-state index in [2.05, 4.69) is 22.4 Å². The highest BCUT2D eigenvalue weighted by Gasteiger charge is 2.21. The van der Waals surface area contributed by atoms with Crippen LogP contribution in [-0.4, -0.2) is 39.6 Å². The van der Waals surface area contributed by atoms with Crippen LogP contribution in [0.4, 0.5) is 0 Å². The highest BCUT2D eigenvalue weighted by atomic mass is 16.5. The third-order valence-corrected chi connectivity index (χ3v) is 5.99. The molecule has 0 bridgehead atoms. The first-order chi connectivity index (χ1) is 16.6. The molecule has 2 heterocycles.